The van der Waals surface area contributed by atoms with Crippen LogP contribution in [0, 0.1) is 0 Å². The molecule has 1 aromatic carbocycles. The standard InChI is InChI=1S/C16H14N4O/c1-19-11-13(9-17-19)7-8-16(21)14-10-18-20(12-14)15-5-3-2-4-6-15/h2-12H,1H3/b8-7+. The molecule has 0 saturated heterocycles. The van der Waals surface area contributed by atoms with Crippen LogP contribution in [0.5, 0.6) is 0 Å². The number of rotatable bonds is 4. The van der Waals surface area contributed by atoms with E-state index in [2.05, 4.69) is 10.2 Å². The van der Waals surface area contributed by atoms with Crippen molar-refractivity contribution in [3.8, 4) is 5.69 Å². The molecule has 0 aliphatic heterocycles. The molecule has 0 radical (unpaired) electrons. The molecule has 0 bridgehead atoms. The maximum absolute atomic E-state index is 12.1. The van der Waals surface area contributed by atoms with Gasteiger partial charge in [-0.15, -0.1) is 0 Å². The number of ketones is 1. The number of hydrogen-bond acceptors (Lipinski definition) is 3. The highest BCUT2D eigenvalue weighted by Crippen LogP contribution is 2.09. The Balaban J connectivity index is 1.77. The Kier molecular flexibility index (Phi) is 3.47. The van der Waals surface area contributed by atoms with Crippen molar-refractivity contribution in [1.29, 1.82) is 0 Å². The quantitative estimate of drug-likeness (QED) is 0.544. The molecule has 0 aliphatic rings. The summed E-state index contributed by atoms with van der Waals surface area (Å²) in [6.07, 6.45) is 10.1. The van der Waals surface area contributed by atoms with Crippen molar-refractivity contribution in [2.45, 2.75) is 0 Å². The Morgan fingerprint density at radius 1 is 1.10 bits per heavy atom. The van der Waals surface area contributed by atoms with Crippen LogP contribution >= 0.6 is 0 Å². The average Bonchev–Trinajstić information content (AvgIpc) is 3.15. The molecule has 3 aromatic rings. The Morgan fingerprint density at radius 2 is 1.90 bits per heavy atom. The van der Waals surface area contributed by atoms with Gasteiger partial charge in [0.25, 0.3) is 0 Å². The number of para-hydroxylation sites is 1. The van der Waals surface area contributed by atoms with E-state index < -0.39 is 0 Å². The molecule has 0 fully saturated rings. The second-order valence-corrected chi connectivity index (χ2v) is 4.65. The molecule has 0 amide bonds. The maximum atomic E-state index is 12.1. The van der Waals surface area contributed by atoms with Crippen LogP contribution in [0.2, 0.25) is 0 Å². The monoisotopic (exact) mass is 278 g/mol. The minimum Gasteiger partial charge on any atom is -0.289 e. The van der Waals surface area contributed by atoms with Crippen LogP contribution in [-0.2, 0) is 7.05 Å². The molecule has 0 N–H and O–H groups in total. The van der Waals surface area contributed by atoms with E-state index in [-0.39, 0.29) is 5.78 Å². The van der Waals surface area contributed by atoms with Crippen LogP contribution in [0.15, 0.2) is 61.2 Å². The van der Waals surface area contributed by atoms with E-state index in [9.17, 15) is 4.79 Å². The first kappa shape index (κ1) is 13.1. The van der Waals surface area contributed by atoms with E-state index >= 15 is 0 Å². The topological polar surface area (TPSA) is 52.7 Å². The SMILES string of the molecule is Cn1cc(/C=C/C(=O)c2cnn(-c3ccccc3)c2)cn1. The molecule has 104 valence electrons. The fourth-order valence-corrected chi connectivity index (χ4v) is 1.97. The number of aromatic nitrogens is 4. The summed E-state index contributed by atoms with van der Waals surface area (Å²) in [4.78, 5) is 12.1. The van der Waals surface area contributed by atoms with Crippen molar-refractivity contribution in [3.05, 3.63) is 72.3 Å². The Bertz CT molecular complexity index is 783. The molecule has 0 aliphatic carbocycles. The van der Waals surface area contributed by atoms with E-state index in [0.29, 0.717) is 5.56 Å². The molecular formula is C16H14N4O. The molecule has 0 atom stereocenters. The number of allylic oxidation sites excluding steroid dienone is 1. The lowest BCUT2D eigenvalue weighted by Crippen LogP contribution is -1.94. The highest BCUT2D eigenvalue weighted by molar-refractivity contribution is 6.06. The summed E-state index contributed by atoms with van der Waals surface area (Å²) in [6, 6.07) is 9.68. The third-order valence-corrected chi connectivity index (χ3v) is 3.04. The molecule has 5 heteroatoms. The van der Waals surface area contributed by atoms with Crippen molar-refractivity contribution in [2.75, 3.05) is 0 Å². The van der Waals surface area contributed by atoms with E-state index in [1.54, 1.807) is 34.0 Å². The van der Waals surface area contributed by atoms with Crippen molar-refractivity contribution >= 4 is 11.9 Å². The van der Waals surface area contributed by atoms with Gasteiger partial charge < -0.3 is 0 Å². The summed E-state index contributed by atoms with van der Waals surface area (Å²) in [5.74, 6) is -0.0824. The number of benzene rings is 1. The van der Waals surface area contributed by atoms with Gasteiger partial charge in [0, 0.05) is 25.0 Å². The molecule has 0 saturated carbocycles. The summed E-state index contributed by atoms with van der Waals surface area (Å²) < 4.78 is 3.38. The molecule has 2 heterocycles. The second kappa shape index (κ2) is 5.58. The Hall–Kier alpha value is -2.95. The van der Waals surface area contributed by atoms with Gasteiger partial charge in [0.05, 0.1) is 23.6 Å². The number of carbonyl (C=O) groups is 1. The minimum absolute atomic E-state index is 0.0824. The van der Waals surface area contributed by atoms with Gasteiger partial charge in [-0.1, -0.05) is 18.2 Å². The molecule has 5 nitrogen and oxygen atoms in total. The first-order chi connectivity index (χ1) is 10.2. The average molecular weight is 278 g/mol. The summed E-state index contributed by atoms with van der Waals surface area (Å²) >= 11 is 0. The van der Waals surface area contributed by atoms with Crippen LogP contribution < -0.4 is 0 Å². The largest absolute Gasteiger partial charge is 0.289 e. The smallest absolute Gasteiger partial charge is 0.189 e. The van der Waals surface area contributed by atoms with Crippen molar-refractivity contribution in [1.82, 2.24) is 19.6 Å². The zero-order valence-corrected chi connectivity index (χ0v) is 11.5. The number of aryl methyl sites for hydroxylation is 1. The van der Waals surface area contributed by atoms with Crippen molar-refractivity contribution in [2.24, 2.45) is 7.05 Å². The van der Waals surface area contributed by atoms with Gasteiger partial charge in [-0.05, 0) is 24.3 Å². The van der Waals surface area contributed by atoms with Gasteiger partial charge in [0.15, 0.2) is 5.78 Å². The minimum atomic E-state index is -0.0824. The first-order valence-electron chi connectivity index (χ1n) is 6.53. The molecule has 2 aromatic heterocycles. The number of hydrogen-bond donors (Lipinski definition) is 0. The third-order valence-electron chi connectivity index (χ3n) is 3.04. The van der Waals surface area contributed by atoms with Crippen LogP contribution in [0.4, 0.5) is 0 Å². The second-order valence-electron chi connectivity index (χ2n) is 4.65. The summed E-state index contributed by atoms with van der Waals surface area (Å²) in [7, 11) is 1.84. The van der Waals surface area contributed by atoms with Gasteiger partial charge >= 0.3 is 0 Å². The Morgan fingerprint density at radius 3 is 2.62 bits per heavy atom. The molecule has 0 unspecified atom stereocenters. The fourth-order valence-electron chi connectivity index (χ4n) is 1.97. The fraction of sp³-hybridized carbons (Fsp3) is 0.0625. The van der Waals surface area contributed by atoms with E-state index in [0.717, 1.165) is 11.3 Å². The summed E-state index contributed by atoms with van der Waals surface area (Å²) in [6.45, 7) is 0. The molecular weight excluding hydrogens is 264 g/mol. The maximum Gasteiger partial charge on any atom is 0.189 e. The van der Waals surface area contributed by atoms with Crippen LogP contribution in [0.25, 0.3) is 11.8 Å². The van der Waals surface area contributed by atoms with Crippen LogP contribution in [0.3, 0.4) is 0 Å². The third kappa shape index (κ3) is 2.97. The van der Waals surface area contributed by atoms with Gasteiger partial charge in [-0.3, -0.25) is 9.48 Å². The normalized spacial score (nSPS) is 11.1. The first-order valence-corrected chi connectivity index (χ1v) is 6.53. The van der Waals surface area contributed by atoms with Gasteiger partial charge in [-0.2, -0.15) is 10.2 Å². The van der Waals surface area contributed by atoms with Crippen molar-refractivity contribution in [3.63, 3.8) is 0 Å². The predicted octanol–water partition coefficient (Wildman–Crippen LogP) is 2.50. The number of carbonyl (C=O) groups excluding carboxylic acids is 1. The van der Waals surface area contributed by atoms with Crippen LogP contribution in [-0.4, -0.2) is 25.3 Å². The number of nitrogens with zero attached hydrogens (tertiary/aromatic N) is 4. The van der Waals surface area contributed by atoms with Crippen LogP contribution in [0.1, 0.15) is 15.9 Å². The van der Waals surface area contributed by atoms with Gasteiger partial charge in [-0.25, -0.2) is 4.68 Å². The van der Waals surface area contributed by atoms with Gasteiger partial charge in [0.2, 0.25) is 0 Å². The van der Waals surface area contributed by atoms with E-state index in [1.807, 2.05) is 43.6 Å². The Labute approximate surface area is 122 Å². The summed E-state index contributed by atoms with van der Waals surface area (Å²) in [5.41, 5.74) is 2.37. The lowest BCUT2D eigenvalue weighted by atomic mass is 10.2. The lowest BCUT2D eigenvalue weighted by Gasteiger charge is -1.98. The van der Waals surface area contributed by atoms with E-state index in [4.69, 9.17) is 0 Å². The highest BCUT2D eigenvalue weighted by Gasteiger charge is 2.06. The molecule has 3 rings (SSSR count). The van der Waals surface area contributed by atoms with E-state index in [1.165, 1.54) is 6.08 Å². The summed E-state index contributed by atoms with van der Waals surface area (Å²) in [5, 5.41) is 8.26. The molecule has 0 spiro atoms. The van der Waals surface area contributed by atoms with Crippen molar-refractivity contribution < 1.29 is 4.79 Å². The predicted molar refractivity (Wildman–Crippen MR) is 80.1 cm³/mol. The zero-order chi connectivity index (χ0) is 14.7. The van der Waals surface area contributed by atoms with Gasteiger partial charge in [0.1, 0.15) is 0 Å². The molecule has 21 heavy (non-hydrogen) atoms. The lowest BCUT2D eigenvalue weighted by molar-refractivity contribution is 0.104. The zero-order valence-electron chi connectivity index (χ0n) is 11.5. The highest BCUT2D eigenvalue weighted by atomic mass is 16.1.